The summed E-state index contributed by atoms with van der Waals surface area (Å²) in [5.41, 5.74) is 1.88. The highest BCUT2D eigenvalue weighted by molar-refractivity contribution is 9.09. The molecule has 0 bridgehead atoms. The van der Waals surface area contributed by atoms with Crippen LogP contribution in [0.1, 0.15) is 17.2 Å². The predicted molar refractivity (Wildman–Crippen MR) is 94.4 cm³/mol. The number of aliphatic hydroxyl groups is 1. The highest BCUT2D eigenvalue weighted by Gasteiger charge is 2.13. The zero-order valence-electron chi connectivity index (χ0n) is 12.6. The minimum Gasteiger partial charge on any atom is -0.487 e. The summed E-state index contributed by atoms with van der Waals surface area (Å²) in [6.07, 6.45) is 0.347. The Morgan fingerprint density at radius 1 is 1.22 bits per heavy atom. The molecule has 0 radical (unpaired) electrons. The minimum atomic E-state index is -3.46. The fourth-order valence-electron chi connectivity index (χ4n) is 1.98. The molecule has 0 saturated carbocycles. The minimum absolute atomic E-state index is 0.306. The first-order valence-corrected chi connectivity index (χ1v) is 9.93. The van der Waals surface area contributed by atoms with E-state index in [1.54, 1.807) is 18.2 Å². The van der Waals surface area contributed by atoms with E-state index in [9.17, 15) is 13.5 Å². The molecule has 23 heavy (non-hydrogen) atoms. The lowest BCUT2D eigenvalue weighted by atomic mass is 10.1. The van der Waals surface area contributed by atoms with Crippen molar-refractivity contribution in [1.29, 1.82) is 0 Å². The van der Waals surface area contributed by atoms with E-state index in [0.717, 1.165) is 11.8 Å². The number of rotatable bonds is 7. The lowest BCUT2D eigenvalue weighted by molar-refractivity contribution is 0.205. The molecular weight excluding hydrogens is 382 g/mol. The summed E-state index contributed by atoms with van der Waals surface area (Å²) in [6, 6.07) is 14.5. The number of aliphatic hydroxyl groups excluding tert-OH is 1. The second-order valence-corrected chi connectivity index (χ2v) is 7.47. The molecule has 0 aliphatic heterocycles. The van der Waals surface area contributed by atoms with Crippen LogP contribution in [0.3, 0.4) is 0 Å². The average molecular weight is 400 g/mol. The second kappa shape index (κ2) is 7.81. The lowest BCUT2D eigenvalue weighted by Crippen LogP contribution is -2.12. The first-order valence-electron chi connectivity index (χ1n) is 6.91. The maximum absolute atomic E-state index is 11.5. The summed E-state index contributed by atoms with van der Waals surface area (Å²) in [6.45, 7) is 0.319. The van der Waals surface area contributed by atoms with Crippen molar-refractivity contribution in [3.63, 3.8) is 0 Å². The standard InChI is InChI=1S/C16H18BrNO4S/c1-23(20,21)18-14-9-13(15(19)10-17)7-8-16(14)22-11-12-5-3-2-4-6-12/h2-9,15,18-19H,10-11H2,1H3/t15-/m1/s1. The molecule has 7 heteroatoms. The maximum atomic E-state index is 11.5. The van der Waals surface area contributed by atoms with Gasteiger partial charge in [-0.1, -0.05) is 52.3 Å². The maximum Gasteiger partial charge on any atom is 0.229 e. The predicted octanol–water partition coefficient (Wildman–Crippen LogP) is 3.07. The van der Waals surface area contributed by atoms with Crippen molar-refractivity contribution in [2.75, 3.05) is 16.3 Å². The molecule has 0 aliphatic carbocycles. The van der Waals surface area contributed by atoms with E-state index in [4.69, 9.17) is 4.74 Å². The van der Waals surface area contributed by atoms with Crippen LogP contribution < -0.4 is 9.46 Å². The molecule has 0 fully saturated rings. The van der Waals surface area contributed by atoms with Crippen LogP contribution >= 0.6 is 15.9 Å². The third kappa shape index (κ3) is 5.53. The van der Waals surface area contributed by atoms with E-state index in [2.05, 4.69) is 20.7 Å². The van der Waals surface area contributed by atoms with Gasteiger partial charge in [0.15, 0.2) is 0 Å². The third-order valence-electron chi connectivity index (χ3n) is 3.07. The van der Waals surface area contributed by atoms with Crippen molar-refractivity contribution in [2.45, 2.75) is 12.7 Å². The largest absolute Gasteiger partial charge is 0.487 e. The van der Waals surface area contributed by atoms with Gasteiger partial charge in [-0.15, -0.1) is 0 Å². The van der Waals surface area contributed by atoms with Crippen molar-refractivity contribution in [3.05, 3.63) is 59.7 Å². The van der Waals surface area contributed by atoms with Crippen LogP contribution in [0.2, 0.25) is 0 Å². The molecule has 0 aromatic heterocycles. The van der Waals surface area contributed by atoms with Crippen LogP contribution in [0.25, 0.3) is 0 Å². The summed E-state index contributed by atoms with van der Waals surface area (Å²) >= 11 is 3.20. The SMILES string of the molecule is CS(=O)(=O)Nc1cc([C@H](O)CBr)ccc1OCc1ccccc1. The molecule has 2 aromatic carbocycles. The van der Waals surface area contributed by atoms with E-state index in [1.165, 1.54) is 0 Å². The van der Waals surface area contributed by atoms with Crippen molar-refractivity contribution in [3.8, 4) is 5.75 Å². The summed E-state index contributed by atoms with van der Waals surface area (Å²) in [7, 11) is -3.46. The summed E-state index contributed by atoms with van der Waals surface area (Å²) in [4.78, 5) is 0. The van der Waals surface area contributed by atoms with E-state index in [0.29, 0.717) is 28.9 Å². The summed E-state index contributed by atoms with van der Waals surface area (Å²) in [5, 5.41) is 10.2. The Kier molecular flexibility index (Phi) is 6.04. The van der Waals surface area contributed by atoms with Crippen LogP contribution in [0, 0.1) is 0 Å². The van der Waals surface area contributed by atoms with Crippen molar-refractivity contribution < 1.29 is 18.3 Å². The van der Waals surface area contributed by atoms with Crippen LogP contribution in [-0.4, -0.2) is 25.1 Å². The topological polar surface area (TPSA) is 75.6 Å². The van der Waals surface area contributed by atoms with Gasteiger partial charge in [-0.05, 0) is 23.3 Å². The van der Waals surface area contributed by atoms with Crippen molar-refractivity contribution in [1.82, 2.24) is 0 Å². The molecule has 2 aromatic rings. The number of benzene rings is 2. The van der Waals surface area contributed by atoms with Crippen LogP contribution in [0.4, 0.5) is 5.69 Å². The first-order chi connectivity index (χ1) is 10.9. The van der Waals surface area contributed by atoms with E-state index in [1.807, 2.05) is 30.3 Å². The molecule has 0 heterocycles. The van der Waals surface area contributed by atoms with Gasteiger partial charge in [0.2, 0.25) is 10.0 Å². The molecule has 124 valence electrons. The zero-order valence-corrected chi connectivity index (χ0v) is 15.0. The summed E-state index contributed by atoms with van der Waals surface area (Å²) in [5.74, 6) is 0.407. The van der Waals surface area contributed by atoms with E-state index in [-0.39, 0.29) is 0 Å². The quantitative estimate of drug-likeness (QED) is 0.701. The Morgan fingerprint density at radius 2 is 1.91 bits per heavy atom. The van der Waals surface area contributed by atoms with Crippen molar-refractivity contribution >= 4 is 31.6 Å². The van der Waals surface area contributed by atoms with Gasteiger partial charge >= 0.3 is 0 Å². The first kappa shape index (κ1) is 17.8. The monoisotopic (exact) mass is 399 g/mol. The Hall–Kier alpha value is -1.57. The smallest absolute Gasteiger partial charge is 0.229 e. The number of halogens is 1. The number of alkyl halides is 1. The number of nitrogens with one attached hydrogen (secondary N) is 1. The number of ether oxygens (including phenoxy) is 1. The fourth-order valence-corrected chi connectivity index (χ4v) is 2.92. The van der Waals surface area contributed by atoms with Crippen LogP contribution in [-0.2, 0) is 16.6 Å². The molecule has 5 nitrogen and oxygen atoms in total. The Balaban J connectivity index is 2.26. The van der Waals surface area contributed by atoms with E-state index >= 15 is 0 Å². The van der Waals surface area contributed by atoms with Gasteiger partial charge in [-0.2, -0.15) is 0 Å². The number of sulfonamides is 1. The molecule has 0 saturated heterocycles. The van der Waals surface area contributed by atoms with Gasteiger partial charge in [0.25, 0.3) is 0 Å². The molecule has 0 spiro atoms. The van der Waals surface area contributed by atoms with Crippen LogP contribution in [0.5, 0.6) is 5.75 Å². The normalized spacial score (nSPS) is 12.7. The molecule has 2 rings (SSSR count). The Morgan fingerprint density at radius 3 is 2.52 bits per heavy atom. The highest BCUT2D eigenvalue weighted by atomic mass is 79.9. The van der Waals surface area contributed by atoms with Gasteiger partial charge in [0, 0.05) is 5.33 Å². The molecular formula is C16H18BrNO4S. The third-order valence-corrected chi connectivity index (χ3v) is 4.27. The number of anilines is 1. The lowest BCUT2D eigenvalue weighted by Gasteiger charge is -2.15. The van der Waals surface area contributed by atoms with Gasteiger partial charge in [0.05, 0.1) is 18.0 Å². The molecule has 0 unspecified atom stereocenters. The number of hydrogen-bond acceptors (Lipinski definition) is 4. The van der Waals surface area contributed by atoms with Gasteiger partial charge in [0.1, 0.15) is 12.4 Å². The number of hydrogen-bond donors (Lipinski definition) is 2. The molecule has 2 N–H and O–H groups in total. The van der Waals surface area contributed by atoms with Gasteiger partial charge in [-0.3, -0.25) is 4.72 Å². The second-order valence-electron chi connectivity index (χ2n) is 5.07. The van der Waals surface area contributed by atoms with Crippen LogP contribution in [0.15, 0.2) is 48.5 Å². The Bertz CT molecular complexity index is 750. The molecule has 0 aliphatic rings. The average Bonchev–Trinajstić information content (AvgIpc) is 2.52. The van der Waals surface area contributed by atoms with Gasteiger partial charge < -0.3 is 9.84 Å². The fraction of sp³-hybridized carbons (Fsp3) is 0.250. The highest BCUT2D eigenvalue weighted by Crippen LogP contribution is 2.30. The van der Waals surface area contributed by atoms with Gasteiger partial charge in [-0.25, -0.2) is 8.42 Å². The van der Waals surface area contributed by atoms with Crippen molar-refractivity contribution in [2.24, 2.45) is 0 Å². The molecule has 0 amide bonds. The molecule has 1 atom stereocenters. The Labute approximate surface area is 144 Å². The zero-order chi connectivity index (χ0) is 16.9. The summed E-state index contributed by atoms with van der Waals surface area (Å²) < 4.78 is 31.2. The van der Waals surface area contributed by atoms with E-state index < -0.39 is 16.1 Å².